The van der Waals surface area contributed by atoms with Crippen molar-refractivity contribution >= 4 is 35.0 Å². The first-order valence-electron chi connectivity index (χ1n) is 5.80. The molecule has 0 spiro atoms. The molecular formula is C13H19Cl2NS. The molecule has 0 saturated carbocycles. The van der Waals surface area contributed by atoms with E-state index in [0.29, 0.717) is 22.0 Å². The molecule has 1 rings (SSSR count). The normalized spacial score (nSPS) is 13.1. The van der Waals surface area contributed by atoms with Gasteiger partial charge in [-0.2, -0.15) is 0 Å². The summed E-state index contributed by atoms with van der Waals surface area (Å²) in [7, 11) is 0. The second-order valence-electron chi connectivity index (χ2n) is 4.56. The lowest BCUT2D eigenvalue weighted by Crippen LogP contribution is -2.28. The zero-order chi connectivity index (χ0) is 12.8. The van der Waals surface area contributed by atoms with Gasteiger partial charge < -0.3 is 5.32 Å². The Hall–Kier alpha value is 0.110. The van der Waals surface area contributed by atoms with Crippen LogP contribution in [0.5, 0.6) is 0 Å². The molecule has 1 aromatic carbocycles. The van der Waals surface area contributed by atoms with Gasteiger partial charge in [0.1, 0.15) is 0 Å². The second-order valence-corrected chi connectivity index (χ2v) is 6.46. The Morgan fingerprint density at radius 1 is 1.18 bits per heavy atom. The predicted octanol–water partition coefficient (Wildman–Crippen LogP) is 4.72. The van der Waals surface area contributed by atoms with E-state index in [-0.39, 0.29) is 0 Å². The zero-order valence-electron chi connectivity index (χ0n) is 10.5. The summed E-state index contributed by atoms with van der Waals surface area (Å²) in [4.78, 5) is 1.18. The molecule has 4 heteroatoms. The van der Waals surface area contributed by atoms with Crippen LogP contribution in [0.25, 0.3) is 0 Å². The summed E-state index contributed by atoms with van der Waals surface area (Å²) in [5.74, 6) is 1.72. The maximum absolute atomic E-state index is 5.97. The van der Waals surface area contributed by atoms with Crippen molar-refractivity contribution in [2.75, 3.05) is 12.3 Å². The Labute approximate surface area is 118 Å². The van der Waals surface area contributed by atoms with E-state index in [1.165, 1.54) is 4.90 Å². The lowest BCUT2D eigenvalue weighted by molar-refractivity contribution is 0.510. The van der Waals surface area contributed by atoms with E-state index in [2.05, 4.69) is 26.1 Å². The molecule has 17 heavy (non-hydrogen) atoms. The zero-order valence-corrected chi connectivity index (χ0v) is 12.8. The molecule has 1 N–H and O–H groups in total. The maximum Gasteiger partial charge on any atom is 0.0603 e. The maximum atomic E-state index is 5.97. The van der Waals surface area contributed by atoms with E-state index in [0.717, 1.165) is 12.3 Å². The molecule has 1 atom stereocenters. The molecule has 1 nitrogen and oxygen atoms in total. The number of hydrogen-bond donors (Lipinski definition) is 1. The van der Waals surface area contributed by atoms with E-state index in [4.69, 9.17) is 23.2 Å². The third-order valence-electron chi connectivity index (χ3n) is 2.30. The van der Waals surface area contributed by atoms with Gasteiger partial charge >= 0.3 is 0 Å². The molecule has 0 aliphatic carbocycles. The van der Waals surface area contributed by atoms with Crippen LogP contribution >= 0.6 is 35.0 Å². The first kappa shape index (κ1) is 15.2. The third kappa shape index (κ3) is 6.01. The van der Waals surface area contributed by atoms with Gasteiger partial charge in [-0.05, 0) is 30.7 Å². The minimum atomic E-state index is 0.549. The second kappa shape index (κ2) is 7.52. The summed E-state index contributed by atoms with van der Waals surface area (Å²) in [5, 5.41) is 4.69. The van der Waals surface area contributed by atoms with Crippen LogP contribution in [0.1, 0.15) is 20.8 Å². The van der Waals surface area contributed by atoms with Gasteiger partial charge in [-0.1, -0.05) is 44.0 Å². The van der Waals surface area contributed by atoms with Gasteiger partial charge in [0.25, 0.3) is 0 Å². The van der Waals surface area contributed by atoms with Crippen molar-refractivity contribution in [1.29, 1.82) is 0 Å². The van der Waals surface area contributed by atoms with Crippen LogP contribution in [0, 0.1) is 5.92 Å². The molecule has 0 aromatic heterocycles. The largest absolute Gasteiger partial charge is 0.314 e. The number of rotatable bonds is 6. The predicted molar refractivity (Wildman–Crippen MR) is 79.5 cm³/mol. The molecule has 0 heterocycles. The van der Waals surface area contributed by atoms with Crippen LogP contribution < -0.4 is 5.32 Å². The average molecular weight is 292 g/mol. The quantitative estimate of drug-likeness (QED) is 0.761. The molecule has 0 saturated heterocycles. The molecule has 0 aliphatic rings. The summed E-state index contributed by atoms with van der Waals surface area (Å²) in [5.41, 5.74) is 0. The first-order valence-corrected chi connectivity index (χ1v) is 7.54. The van der Waals surface area contributed by atoms with Crippen LogP contribution in [0.2, 0.25) is 10.0 Å². The number of thioether (sulfide) groups is 1. The lowest BCUT2D eigenvalue weighted by atomic mass is 10.2. The fourth-order valence-corrected chi connectivity index (χ4v) is 2.62. The van der Waals surface area contributed by atoms with E-state index >= 15 is 0 Å². The van der Waals surface area contributed by atoms with Crippen molar-refractivity contribution in [3.05, 3.63) is 28.2 Å². The third-order valence-corrected chi connectivity index (χ3v) is 4.36. The molecule has 1 aromatic rings. The van der Waals surface area contributed by atoms with Gasteiger partial charge in [-0.3, -0.25) is 0 Å². The van der Waals surface area contributed by atoms with Crippen molar-refractivity contribution in [2.24, 2.45) is 5.92 Å². The molecular weight excluding hydrogens is 273 g/mol. The SMILES string of the molecule is CC(CNC(C)C)CSc1ccc(Cl)c(Cl)c1. The molecule has 0 fully saturated rings. The number of hydrogen-bond acceptors (Lipinski definition) is 2. The summed E-state index contributed by atoms with van der Waals surface area (Å²) < 4.78 is 0. The standard InChI is InChI=1S/C13H19Cl2NS/c1-9(2)16-7-10(3)8-17-11-4-5-12(14)13(15)6-11/h4-6,9-10,16H,7-8H2,1-3H3. The molecule has 0 radical (unpaired) electrons. The average Bonchev–Trinajstić information content (AvgIpc) is 2.28. The summed E-state index contributed by atoms with van der Waals surface area (Å²) in [6.45, 7) is 7.63. The van der Waals surface area contributed by atoms with Crippen LogP contribution in [-0.4, -0.2) is 18.3 Å². The minimum Gasteiger partial charge on any atom is -0.314 e. The molecule has 0 bridgehead atoms. The number of nitrogens with one attached hydrogen (secondary N) is 1. The molecule has 0 aliphatic heterocycles. The van der Waals surface area contributed by atoms with Crippen molar-refractivity contribution in [3.8, 4) is 0 Å². The van der Waals surface area contributed by atoms with Crippen LogP contribution in [0.15, 0.2) is 23.1 Å². The number of halogens is 2. The fraction of sp³-hybridized carbons (Fsp3) is 0.538. The number of benzene rings is 1. The van der Waals surface area contributed by atoms with E-state index < -0.39 is 0 Å². The molecule has 0 amide bonds. The van der Waals surface area contributed by atoms with Crippen LogP contribution in [0.3, 0.4) is 0 Å². The fourth-order valence-electron chi connectivity index (χ4n) is 1.30. The Morgan fingerprint density at radius 2 is 1.88 bits per heavy atom. The van der Waals surface area contributed by atoms with Crippen LogP contribution in [-0.2, 0) is 0 Å². The minimum absolute atomic E-state index is 0.549. The van der Waals surface area contributed by atoms with Gasteiger partial charge in [-0.25, -0.2) is 0 Å². The monoisotopic (exact) mass is 291 g/mol. The first-order chi connectivity index (χ1) is 7.99. The Balaban J connectivity index is 2.36. The van der Waals surface area contributed by atoms with Crippen molar-refractivity contribution < 1.29 is 0 Å². The van der Waals surface area contributed by atoms with Gasteiger partial charge in [0.05, 0.1) is 10.0 Å². The highest BCUT2D eigenvalue weighted by molar-refractivity contribution is 7.99. The highest BCUT2D eigenvalue weighted by Gasteiger charge is 2.05. The topological polar surface area (TPSA) is 12.0 Å². The van der Waals surface area contributed by atoms with Gasteiger partial charge in [0, 0.05) is 16.7 Å². The Kier molecular flexibility index (Phi) is 6.71. The van der Waals surface area contributed by atoms with Gasteiger partial charge in [-0.15, -0.1) is 11.8 Å². The lowest BCUT2D eigenvalue weighted by Gasteiger charge is -2.14. The molecule has 96 valence electrons. The van der Waals surface area contributed by atoms with Gasteiger partial charge in [0.15, 0.2) is 0 Å². The Morgan fingerprint density at radius 3 is 2.47 bits per heavy atom. The summed E-state index contributed by atoms with van der Waals surface area (Å²) in [6, 6.07) is 6.34. The van der Waals surface area contributed by atoms with Crippen molar-refractivity contribution in [3.63, 3.8) is 0 Å². The highest BCUT2D eigenvalue weighted by atomic mass is 35.5. The highest BCUT2D eigenvalue weighted by Crippen LogP contribution is 2.28. The molecule has 1 unspecified atom stereocenters. The van der Waals surface area contributed by atoms with E-state index in [9.17, 15) is 0 Å². The summed E-state index contributed by atoms with van der Waals surface area (Å²) in [6.07, 6.45) is 0. The van der Waals surface area contributed by atoms with E-state index in [1.807, 2.05) is 30.0 Å². The smallest absolute Gasteiger partial charge is 0.0603 e. The summed E-state index contributed by atoms with van der Waals surface area (Å²) >= 11 is 13.7. The Bertz CT molecular complexity index is 355. The van der Waals surface area contributed by atoms with Gasteiger partial charge in [0.2, 0.25) is 0 Å². The van der Waals surface area contributed by atoms with Crippen molar-refractivity contribution in [2.45, 2.75) is 31.7 Å². The van der Waals surface area contributed by atoms with E-state index in [1.54, 1.807) is 0 Å². The van der Waals surface area contributed by atoms with Crippen molar-refractivity contribution in [1.82, 2.24) is 5.32 Å². The van der Waals surface area contributed by atoms with Crippen LogP contribution in [0.4, 0.5) is 0 Å².